The van der Waals surface area contributed by atoms with Crippen molar-refractivity contribution >= 4 is 16.8 Å². The van der Waals surface area contributed by atoms with E-state index in [1.807, 2.05) is 31.2 Å². The van der Waals surface area contributed by atoms with Crippen molar-refractivity contribution in [3.8, 4) is 17.2 Å². The van der Waals surface area contributed by atoms with Crippen molar-refractivity contribution in [3.05, 3.63) is 41.5 Å². The quantitative estimate of drug-likeness (QED) is 0.734. The van der Waals surface area contributed by atoms with Gasteiger partial charge in [0.05, 0.1) is 11.3 Å². The molecule has 1 aromatic heterocycles. The van der Waals surface area contributed by atoms with Crippen molar-refractivity contribution in [1.29, 1.82) is 0 Å². The summed E-state index contributed by atoms with van der Waals surface area (Å²) in [6, 6.07) is 10.1. The molecular formula is C17H16N2O2. The molecule has 0 bridgehead atoms. The molecule has 2 heterocycles. The van der Waals surface area contributed by atoms with E-state index in [0.717, 1.165) is 40.2 Å². The Morgan fingerprint density at radius 1 is 1.19 bits per heavy atom. The molecular weight excluding hydrogens is 264 g/mol. The van der Waals surface area contributed by atoms with Gasteiger partial charge in [0.1, 0.15) is 12.1 Å². The summed E-state index contributed by atoms with van der Waals surface area (Å²) in [4.78, 5) is 4.64. The van der Waals surface area contributed by atoms with Crippen LogP contribution < -0.4 is 10.1 Å². The average Bonchev–Trinajstić information content (AvgIpc) is 2.90. The third-order valence-electron chi connectivity index (χ3n) is 3.73. The van der Waals surface area contributed by atoms with E-state index in [-0.39, 0.29) is 0 Å². The summed E-state index contributed by atoms with van der Waals surface area (Å²) in [5, 5.41) is 3.33. The Labute approximate surface area is 122 Å². The Kier molecular flexibility index (Phi) is 2.64. The molecule has 21 heavy (non-hydrogen) atoms. The number of aryl methyl sites for hydroxylation is 2. The van der Waals surface area contributed by atoms with Gasteiger partial charge in [-0.05, 0) is 43.2 Å². The second-order valence-electron chi connectivity index (χ2n) is 5.41. The van der Waals surface area contributed by atoms with Crippen molar-refractivity contribution in [3.63, 3.8) is 0 Å². The van der Waals surface area contributed by atoms with Gasteiger partial charge in [0.2, 0.25) is 5.89 Å². The van der Waals surface area contributed by atoms with Crippen LogP contribution in [0.1, 0.15) is 11.1 Å². The third-order valence-corrected chi connectivity index (χ3v) is 3.73. The Bertz CT molecular complexity index is 836. The van der Waals surface area contributed by atoms with Crippen molar-refractivity contribution in [1.82, 2.24) is 4.98 Å². The molecule has 0 fully saturated rings. The minimum absolute atomic E-state index is 0.610. The first-order valence-corrected chi connectivity index (χ1v) is 7.10. The summed E-state index contributed by atoms with van der Waals surface area (Å²) in [7, 11) is 0. The van der Waals surface area contributed by atoms with Gasteiger partial charge >= 0.3 is 0 Å². The summed E-state index contributed by atoms with van der Waals surface area (Å²) in [6.07, 6.45) is 0. The SMILES string of the molecule is Cc1cc(C)c2oc(-c3cccc4c3OCCN4)nc2c1. The molecule has 4 nitrogen and oxygen atoms in total. The number of fused-ring (bicyclic) bond motifs is 2. The Balaban J connectivity index is 1.93. The summed E-state index contributed by atoms with van der Waals surface area (Å²) in [5.41, 5.74) is 5.92. The Hall–Kier alpha value is -2.49. The summed E-state index contributed by atoms with van der Waals surface area (Å²) < 4.78 is 11.8. The summed E-state index contributed by atoms with van der Waals surface area (Å²) in [6.45, 7) is 5.59. The largest absolute Gasteiger partial charge is 0.489 e. The molecule has 2 aromatic carbocycles. The fourth-order valence-corrected chi connectivity index (χ4v) is 2.83. The van der Waals surface area contributed by atoms with Crippen LogP contribution in [0.15, 0.2) is 34.7 Å². The summed E-state index contributed by atoms with van der Waals surface area (Å²) in [5.74, 6) is 1.43. The lowest BCUT2D eigenvalue weighted by Gasteiger charge is -2.20. The number of para-hydroxylation sites is 1. The lowest BCUT2D eigenvalue weighted by molar-refractivity contribution is 0.324. The van der Waals surface area contributed by atoms with Crippen molar-refractivity contribution < 1.29 is 9.15 Å². The number of aromatic nitrogens is 1. The van der Waals surface area contributed by atoms with E-state index in [4.69, 9.17) is 9.15 Å². The predicted octanol–water partition coefficient (Wildman–Crippen LogP) is 3.92. The van der Waals surface area contributed by atoms with Crippen molar-refractivity contribution in [2.45, 2.75) is 13.8 Å². The highest BCUT2D eigenvalue weighted by Gasteiger charge is 2.19. The number of nitrogens with one attached hydrogen (secondary N) is 1. The van der Waals surface area contributed by atoms with E-state index in [9.17, 15) is 0 Å². The zero-order valence-electron chi connectivity index (χ0n) is 12.1. The zero-order valence-corrected chi connectivity index (χ0v) is 12.1. The van der Waals surface area contributed by atoms with Crippen LogP contribution in [0.3, 0.4) is 0 Å². The number of anilines is 1. The molecule has 0 amide bonds. The number of benzene rings is 2. The van der Waals surface area contributed by atoms with Crippen LogP contribution in [-0.2, 0) is 0 Å². The minimum Gasteiger partial charge on any atom is -0.489 e. The highest BCUT2D eigenvalue weighted by atomic mass is 16.5. The predicted molar refractivity (Wildman–Crippen MR) is 82.9 cm³/mol. The van der Waals surface area contributed by atoms with Gasteiger partial charge in [0.25, 0.3) is 0 Å². The van der Waals surface area contributed by atoms with Gasteiger partial charge in [-0.25, -0.2) is 4.98 Å². The van der Waals surface area contributed by atoms with E-state index >= 15 is 0 Å². The molecule has 0 spiro atoms. The van der Waals surface area contributed by atoms with Gasteiger partial charge in [-0.15, -0.1) is 0 Å². The first-order valence-electron chi connectivity index (χ1n) is 7.10. The summed E-state index contributed by atoms with van der Waals surface area (Å²) >= 11 is 0. The van der Waals surface area contributed by atoms with E-state index < -0.39 is 0 Å². The lowest BCUT2D eigenvalue weighted by atomic mass is 10.1. The number of ether oxygens (including phenoxy) is 1. The van der Waals surface area contributed by atoms with Crippen molar-refractivity contribution in [2.24, 2.45) is 0 Å². The molecule has 0 unspecified atom stereocenters. The monoisotopic (exact) mass is 280 g/mol. The number of hydrogen-bond donors (Lipinski definition) is 1. The Morgan fingerprint density at radius 3 is 3.00 bits per heavy atom. The highest BCUT2D eigenvalue weighted by Crippen LogP contribution is 2.39. The maximum atomic E-state index is 5.99. The van der Waals surface area contributed by atoms with Gasteiger partial charge in [0, 0.05) is 6.54 Å². The second-order valence-corrected chi connectivity index (χ2v) is 5.41. The molecule has 3 aromatic rings. The molecule has 1 aliphatic rings. The molecule has 1 aliphatic heterocycles. The van der Waals surface area contributed by atoms with E-state index in [2.05, 4.69) is 23.3 Å². The topological polar surface area (TPSA) is 47.3 Å². The third kappa shape index (κ3) is 1.95. The molecule has 0 atom stereocenters. The van der Waals surface area contributed by atoms with E-state index in [1.54, 1.807) is 0 Å². The van der Waals surface area contributed by atoms with Crippen LogP contribution >= 0.6 is 0 Å². The molecule has 0 aliphatic carbocycles. The fourth-order valence-electron chi connectivity index (χ4n) is 2.83. The average molecular weight is 280 g/mol. The number of nitrogens with zero attached hydrogens (tertiary/aromatic N) is 1. The maximum Gasteiger partial charge on any atom is 0.231 e. The maximum absolute atomic E-state index is 5.99. The van der Waals surface area contributed by atoms with Crippen LogP contribution in [0.4, 0.5) is 5.69 Å². The van der Waals surface area contributed by atoms with Gasteiger partial charge in [-0.3, -0.25) is 0 Å². The van der Waals surface area contributed by atoms with Crippen molar-refractivity contribution in [2.75, 3.05) is 18.5 Å². The molecule has 0 saturated heterocycles. The lowest BCUT2D eigenvalue weighted by Crippen LogP contribution is -2.18. The van der Waals surface area contributed by atoms with Gasteiger partial charge in [0.15, 0.2) is 11.3 Å². The van der Waals surface area contributed by atoms with Crippen LogP contribution in [0.5, 0.6) is 5.75 Å². The number of hydrogen-bond acceptors (Lipinski definition) is 4. The highest BCUT2D eigenvalue weighted by molar-refractivity contribution is 5.82. The van der Waals surface area contributed by atoms with Gasteiger partial charge < -0.3 is 14.5 Å². The molecule has 4 heteroatoms. The van der Waals surface area contributed by atoms with E-state index in [1.165, 1.54) is 5.56 Å². The van der Waals surface area contributed by atoms with Crippen LogP contribution in [0.2, 0.25) is 0 Å². The fraction of sp³-hybridized carbons (Fsp3) is 0.235. The normalized spacial score (nSPS) is 13.6. The molecule has 1 N–H and O–H groups in total. The number of rotatable bonds is 1. The van der Waals surface area contributed by atoms with E-state index in [0.29, 0.717) is 12.5 Å². The number of oxazole rings is 1. The van der Waals surface area contributed by atoms with Crippen LogP contribution in [0, 0.1) is 13.8 Å². The van der Waals surface area contributed by atoms with Crippen LogP contribution in [0.25, 0.3) is 22.6 Å². The van der Waals surface area contributed by atoms with Gasteiger partial charge in [-0.1, -0.05) is 12.1 Å². The molecule has 106 valence electrons. The molecule has 0 radical (unpaired) electrons. The second kappa shape index (κ2) is 4.52. The smallest absolute Gasteiger partial charge is 0.231 e. The molecule has 4 rings (SSSR count). The zero-order chi connectivity index (χ0) is 14.4. The van der Waals surface area contributed by atoms with Crippen LogP contribution in [-0.4, -0.2) is 18.1 Å². The van der Waals surface area contributed by atoms with Gasteiger partial charge in [-0.2, -0.15) is 0 Å². The Morgan fingerprint density at radius 2 is 2.10 bits per heavy atom. The minimum atomic E-state index is 0.610. The first kappa shape index (κ1) is 12.3. The standard InChI is InChI=1S/C17H16N2O2/c1-10-8-11(2)15-14(9-10)19-17(21-15)12-4-3-5-13-16(12)20-7-6-18-13/h3-5,8-9,18H,6-7H2,1-2H3. The first-order chi connectivity index (χ1) is 10.2. The molecule has 0 saturated carbocycles.